The van der Waals surface area contributed by atoms with E-state index in [-0.39, 0.29) is 17.8 Å². The van der Waals surface area contributed by atoms with Gasteiger partial charge in [-0.2, -0.15) is 0 Å². The number of anilines is 1. The molecule has 4 nitrogen and oxygen atoms in total. The monoisotopic (exact) mass is 356 g/mol. The van der Waals surface area contributed by atoms with Crippen molar-refractivity contribution < 1.29 is 14.3 Å². The number of hydrogen-bond donors (Lipinski definition) is 1. The molecule has 1 aliphatic rings. The van der Waals surface area contributed by atoms with E-state index in [0.717, 1.165) is 6.42 Å². The summed E-state index contributed by atoms with van der Waals surface area (Å²) in [6, 6.07) is 16.1. The zero-order valence-corrected chi connectivity index (χ0v) is 15.0. The SMILES string of the molecule is CN(CC(O)CCc1ccccc1)C1CCN(c2ccccc2F)C1=O. The third-order valence-electron chi connectivity index (χ3n) is 4.96. The first-order chi connectivity index (χ1) is 12.6. The lowest BCUT2D eigenvalue weighted by Gasteiger charge is -2.26. The highest BCUT2D eigenvalue weighted by Gasteiger charge is 2.36. The number of aliphatic hydroxyl groups excluding tert-OH is 1. The van der Waals surface area contributed by atoms with E-state index in [9.17, 15) is 14.3 Å². The van der Waals surface area contributed by atoms with E-state index in [1.165, 1.54) is 16.5 Å². The van der Waals surface area contributed by atoms with Gasteiger partial charge in [-0.25, -0.2) is 4.39 Å². The van der Waals surface area contributed by atoms with Gasteiger partial charge >= 0.3 is 0 Å². The second-order valence-electron chi connectivity index (χ2n) is 6.86. The lowest BCUT2D eigenvalue weighted by molar-refractivity contribution is -0.121. The Bertz CT molecular complexity index is 738. The first-order valence-corrected chi connectivity index (χ1v) is 9.04. The van der Waals surface area contributed by atoms with Crippen molar-refractivity contribution in [1.29, 1.82) is 0 Å². The average molecular weight is 356 g/mol. The molecule has 2 aromatic carbocycles. The van der Waals surface area contributed by atoms with Gasteiger partial charge in [0, 0.05) is 13.1 Å². The summed E-state index contributed by atoms with van der Waals surface area (Å²) in [5.41, 5.74) is 1.52. The van der Waals surface area contributed by atoms with E-state index < -0.39 is 6.10 Å². The number of rotatable bonds is 7. The molecule has 2 aromatic rings. The molecule has 1 aliphatic heterocycles. The Morgan fingerprint density at radius 3 is 2.62 bits per heavy atom. The Morgan fingerprint density at radius 2 is 1.88 bits per heavy atom. The van der Waals surface area contributed by atoms with Crippen molar-refractivity contribution in [3.8, 4) is 0 Å². The van der Waals surface area contributed by atoms with Crippen molar-refractivity contribution in [2.24, 2.45) is 0 Å². The van der Waals surface area contributed by atoms with Crippen LogP contribution < -0.4 is 4.90 Å². The molecule has 26 heavy (non-hydrogen) atoms. The topological polar surface area (TPSA) is 43.8 Å². The number of aliphatic hydroxyl groups is 1. The molecule has 0 spiro atoms. The van der Waals surface area contributed by atoms with Crippen LogP contribution in [-0.4, -0.2) is 48.2 Å². The van der Waals surface area contributed by atoms with Gasteiger partial charge in [0.05, 0.1) is 17.8 Å². The predicted octanol–water partition coefficient (Wildman–Crippen LogP) is 2.86. The molecule has 0 aliphatic carbocycles. The minimum Gasteiger partial charge on any atom is -0.392 e. The summed E-state index contributed by atoms with van der Waals surface area (Å²) in [6.45, 7) is 0.920. The molecular weight excluding hydrogens is 331 g/mol. The van der Waals surface area contributed by atoms with E-state index >= 15 is 0 Å². The molecule has 3 rings (SSSR count). The summed E-state index contributed by atoms with van der Waals surface area (Å²) in [6.07, 6.45) is 1.58. The largest absolute Gasteiger partial charge is 0.392 e. The van der Waals surface area contributed by atoms with Crippen molar-refractivity contribution in [3.05, 3.63) is 66.0 Å². The van der Waals surface area contributed by atoms with Crippen molar-refractivity contribution >= 4 is 11.6 Å². The predicted molar refractivity (Wildman–Crippen MR) is 101 cm³/mol. The number of carbonyl (C=O) groups is 1. The van der Waals surface area contributed by atoms with Crippen LogP contribution in [0.25, 0.3) is 0 Å². The lowest BCUT2D eigenvalue weighted by atomic mass is 10.1. The van der Waals surface area contributed by atoms with Crippen molar-refractivity contribution in [3.63, 3.8) is 0 Å². The van der Waals surface area contributed by atoms with Crippen LogP contribution in [0.5, 0.6) is 0 Å². The summed E-state index contributed by atoms with van der Waals surface area (Å²) in [7, 11) is 1.85. The van der Waals surface area contributed by atoms with Gasteiger partial charge in [-0.1, -0.05) is 42.5 Å². The molecule has 2 atom stereocenters. The maximum Gasteiger partial charge on any atom is 0.244 e. The average Bonchev–Trinajstić information content (AvgIpc) is 3.03. The van der Waals surface area contributed by atoms with Crippen molar-refractivity contribution in [1.82, 2.24) is 4.90 Å². The van der Waals surface area contributed by atoms with Gasteiger partial charge in [-0.05, 0) is 44.0 Å². The zero-order chi connectivity index (χ0) is 18.5. The molecule has 1 amide bonds. The Morgan fingerprint density at radius 1 is 1.19 bits per heavy atom. The second-order valence-corrected chi connectivity index (χ2v) is 6.86. The molecule has 0 aromatic heterocycles. The number of nitrogens with zero attached hydrogens (tertiary/aromatic N) is 2. The summed E-state index contributed by atoms with van der Waals surface area (Å²) >= 11 is 0. The maximum atomic E-state index is 14.0. The Hall–Kier alpha value is -2.24. The maximum absolute atomic E-state index is 14.0. The van der Waals surface area contributed by atoms with Gasteiger partial charge < -0.3 is 10.0 Å². The second kappa shape index (κ2) is 8.43. The lowest BCUT2D eigenvalue weighted by Crippen LogP contribution is -2.43. The van der Waals surface area contributed by atoms with Crippen LogP contribution in [0.1, 0.15) is 18.4 Å². The summed E-state index contributed by atoms with van der Waals surface area (Å²) in [5.74, 6) is -0.486. The van der Waals surface area contributed by atoms with Gasteiger partial charge in [-0.15, -0.1) is 0 Å². The third-order valence-corrected chi connectivity index (χ3v) is 4.96. The van der Waals surface area contributed by atoms with Crippen LogP contribution in [0.2, 0.25) is 0 Å². The molecule has 2 unspecified atom stereocenters. The minimum absolute atomic E-state index is 0.104. The Labute approximate surface area is 153 Å². The highest BCUT2D eigenvalue weighted by atomic mass is 19.1. The van der Waals surface area contributed by atoms with Crippen LogP contribution in [0.3, 0.4) is 0 Å². The number of likely N-dealkylation sites (N-methyl/N-ethyl adjacent to an activating group) is 1. The van der Waals surface area contributed by atoms with E-state index in [4.69, 9.17) is 0 Å². The number of halogens is 1. The number of aryl methyl sites for hydroxylation is 1. The fourth-order valence-electron chi connectivity index (χ4n) is 3.51. The molecular formula is C21H25FN2O2. The first kappa shape index (κ1) is 18.5. The van der Waals surface area contributed by atoms with Crippen LogP contribution in [0.4, 0.5) is 10.1 Å². The number of carbonyl (C=O) groups excluding carboxylic acids is 1. The summed E-state index contributed by atoms with van der Waals surface area (Å²) < 4.78 is 14.0. The van der Waals surface area contributed by atoms with Gasteiger partial charge in [-0.3, -0.25) is 9.69 Å². The molecule has 0 bridgehead atoms. The zero-order valence-electron chi connectivity index (χ0n) is 15.0. The van der Waals surface area contributed by atoms with Gasteiger partial charge in [0.15, 0.2) is 0 Å². The van der Waals surface area contributed by atoms with Crippen LogP contribution >= 0.6 is 0 Å². The minimum atomic E-state index is -0.504. The third kappa shape index (κ3) is 4.29. The molecule has 1 heterocycles. The molecule has 5 heteroatoms. The van der Waals surface area contributed by atoms with Gasteiger partial charge in [0.2, 0.25) is 5.91 Å². The molecule has 138 valence electrons. The normalized spacial score (nSPS) is 18.5. The standard InChI is InChI=1S/C21H25FN2O2/c1-23(15-17(25)12-11-16-7-3-2-4-8-16)20-13-14-24(21(20)26)19-10-6-5-9-18(19)22/h2-10,17,20,25H,11-15H2,1H3. The molecule has 0 radical (unpaired) electrons. The Kier molecular flexibility index (Phi) is 6.01. The van der Waals surface area contributed by atoms with E-state index in [1.54, 1.807) is 18.2 Å². The molecule has 0 saturated carbocycles. The van der Waals surface area contributed by atoms with Crippen molar-refractivity contribution in [2.45, 2.75) is 31.4 Å². The van der Waals surface area contributed by atoms with Crippen LogP contribution in [-0.2, 0) is 11.2 Å². The smallest absolute Gasteiger partial charge is 0.244 e. The van der Waals surface area contributed by atoms with E-state index in [1.807, 2.05) is 42.3 Å². The quantitative estimate of drug-likeness (QED) is 0.830. The first-order valence-electron chi connectivity index (χ1n) is 9.04. The molecule has 1 fully saturated rings. The summed E-state index contributed by atoms with van der Waals surface area (Å²) in [4.78, 5) is 16.1. The fourth-order valence-corrected chi connectivity index (χ4v) is 3.51. The number of para-hydroxylation sites is 1. The number of amides is 1. The number of benzene rings is 2. The molecule has 1 saturated heterocycles. The van der Waals surface area contributed by atoms with Crippen LogP contribution in [0, 0.1) is 5.82 Å². The summed E-state index contributed by atoms with van der Waals surface area (Å²) in [5, 5.41) is 10.3. The van der Waals surface area contributed by atoms with Gasteiger partial charge in [0.1, 0.15) is 5.82 Å². The number of hydrogen-bond acceptors (Lipinski definition) is 3. The highest BCUT2D eigenvalue weighted by Crippen LogP contribution is 2.26. The highest BCUT2D eigenvalue weighted by molar-refractivity contribution is 5.99. The Balaban J connectivity index is 1.54. The van der Waals surface area contributed by atoms with Gasteiger partial charge in [0.25, 0.3) is 0 Å². The molecule has 1 N–H and O–H groups in total. The van der Waals surface area contributed by atoms with Crippen molar-refractivity contribution in [2.75, 3.05) is 25.0 Å². The fraction of sp³-hybridized carbons (Fsp3) is 0.381. The van der Waals surface area contributed by atoms with Crippen LogP contribution in [0.15, 0.2) is 54.6 Å². The van der Waals surface area contributed by atoms with E-state index in [2.05, 4.69) is 0 Å². The van der Waals surface area contributed by atoms with E-state index in [0.29, 0.717) is 31.6 Å².